The number of ketones is 1. The predicted octanol–water partition coefficient (Wildman–Crippen LogP) is 1.08. The second kappa shape index (κ2) is 6.10. The van der Waals surface area contributed by atoms with Crippen LogP contribution < -0.4 is 5.56 Å². The number of thioether (sulfide) groups is 1. The van der Waals surface area contributed by atoms with Gasteiger partial charge in [0, 0.05) is 6.42 Å². The van der Waals surface area contributed by atoms with Gasteiger partial charge >= 0.3 is 0 Å². The number of nitrogens with zero attached hydrogens (tertiary/aromatic N) is 4. The third kappa shape index (κ3) is 3.06. The van der Waals surface area contributed by atoms with E-state index in [4.69, 9.17) is 0 Å². The van der Waals surface area contributed by atoms with E-state index < -0.39 is 0 Å². The molecule has 0 aliphatic carbocycles. The maximum Gasteiger partial charge on any atom is 0.274 e. The smallest absolute Gasteiger partial charge is 0.274 e. The first-order valence-corrected chi connectivity index (χ1v) is 7.63. The van der Waals surface area contributed by atoms with Crippen LogP contribution >= 0.6 is 11.8 Å². The van der Waals surface area contributed by atoms with Gasteiger partial charge in [-0.1, -0.05) is 42.1 Å². The van der Waals surface area contributed by atoms with E-state index in [1.54, 1.807) is 0 Å². The molecule has 0 saturated heterocycles. The lowest BCUT2D eigenvalue weighted by molar-refractivity contribution is -0.114. The first-order valence-electron chi connectivity index (χ1n) is 6.64. The van der Waals surface area contributed by atoms with Crippen molar-refractivity contribution in [3.8, 4) is 0 Å². The molecule has 0 spiro atoms. The summed E-state index contributed by atoms with van der Waals surface area (Å²) >= 11 is 1.24. The van der Waals surface area contributed by atoms with E-state index in [2.05, 4.69) is 20.3 Å². The molecular weight excluding hydrogens is 302 g/mol. The van der Waals surface area contributed by atoms with Crippen molar-refractivity contribution < 1.29 is 4.79 Å². The molecule has 0 saturated carbocycles. The highest BCUT2D eigenvalue weighted by molar-refractivity contribution is 7.99. The quantitative estimate of drug-likeness (QED) is 0.708. The van der Waals surface area contributed by atoms with E-state index in [0.29, 0.717) is 17.3 Å². The summed E-state index contributed by atoms with van der Waals surface area (Å²) in [7, 11) is 0. The third-order valence-corrected chi connectivity index (χ3v) is 4.00. The zero-order valence-corrected chi connectivity index (χ0v) is 12.6. The number of benzene rings is 1. The van der Waals surface area contributed by atoms with Gasteiger partial charge in [0.25, 0.3) is 11.3 Å². The lowest BCUT2D eigenvalue weighted by Crippen LogP contribution is -2.19. The number of H-pyrrole nitrogens is 1. The van der Waals surface area contributed by atoms with Crippen molar-refractivity contribution in [2.45, 2.75) is 18.5 Å². The zero-order chi connectivity index (χ0) is 15.5. The maximum absolute atomic E-state index is 12.1. The molecule has 0 unspecified atom stereocenters. The molecule has 2 aromatic heterocycles. The van der Waals surface area contributed by atoms with Crippen LogP contribution in [0.5, 0.6) is 0 Å². The monoisotopic (exact) mass is 315 g/mol. The van der Waals surface area contributed by atoms with Gasteiger partial charge in [0.05, 0.1) is 5.75 Å². The van der Waals surface area contributed by atoms with Gasteiger partial charge in [-0.2, -0.15) is 9.61 Å². The third-order valence-electron chi connectivity index (χ3n) is 2.94. The Kier molecular flexibility index (Phi) is 4.01. The van der Waals surface area contributed by atoms with Crippen LogP contribution in [0.25, 0.3) is 5.78 Å². The topological polar surface area (TPSA) is 93.0 Å². The van der Waals surface area contributed by atoms with Crippen LogP contribution in [-0.2, 0) is 11.2 Å². The van der Waals surface area contributed by atoms with Crippen LogP contribution in [0, 0.1) is 0 Å². The molecule has 0 aliphatic rings. The SMILES string of the molecule is CC(=O)CSc1nnc2[nH]c(=O)c(Cc3ccccc3)nn12. The summed E-state index contributed by atoms with van der Waals surface area (Å²) in [6, 6.07) is 9.61. The Hall–Kier alpha value is -2.48. The van der Waals surface area contributed by atoms with E-state index >= 15 is 0 Å². The van der Waals surface area contributed by atoms with Crippen molar-refractivity contribution in [3.63, 3.8) is 0 Å². The molecule has 2 heterocycles. The Bertz CT molecular complexity index is 872. The number of hydrogen-bond donors (Lipinski definition) is 1. The van der Waals surface area contributed by atoms with Crippen LogP contribution in [0.3, 0.4) is 0 Å². The van der Waals surface area contributed by atoms with Crippen LogP contribution in [0.15, 0.2) is 40.3 Å². The molecule has 1 aromatic carbocycles. The molecule has 0 atom stereocenters. The van der Waals surface area contributed by atoms with Crippen molar-refractivity contribution in [2.75, 3.05) is 5.75 Å². The molecule has 0 fully saturated rings. The fourth-order valence-corrected chi connectivity index (χ4v) is 2.61. The molecule has 0 amide bonds. The highest BCUT2D eigenvalue weighted by Gasteiger charge is 2.12. The molecule has 1 N–H and O–H groups in total. The Labute approximate surface area is 129 Å². The Balaban J connectivity index is 1.96. The Morgan fingerprint density at radius 1 is 1.27 bits per heavy atom. The maximum atomic E-state index is 12.1. The van der Waals surface area contributed by atoms with Crippen molar-refractivity contribution >= 4 is 23.3 Å². The molecule has 22 heavy (non-hydrogen) atoms. The largest absolute Gasteiger partial charge is 0.299 e. The van der Waals surface area contributed by atoms with Crippen LogP contribution in [0.2, 0.25) is 0 Å². The summed E-state index contributed by atoms with van der Waals surface area (Å²) in [5.74, 6) is 0.596. The predicted molar refractivity (Wildman–Crippen MR) is 82.1 cm³/mol. The average Bonchev–Trinajstić information content (AvgIpc) is 2.88. The molecule has 3 rings (SSSR count). The molecular formula is C14H13N5O2S. The lowest BCUT2D eigenvalue weighted by Gasteiger charge is -2.02. The fourth-order valence-electron chi connectivity index (χ4n) is 1.93. The normalized spacial score (nSPS) is 11.0. The molecule has 112 valence electrons. The van der Waals surface area contributed by atoms with Crippen LogP contribution in [0.4, 0.5) is 0 Å². The van der Waals surface area contributed by atoms with E-state index in [0.717, 1.165) is 5.56 Å². The number of nitrogens with one attached hydrogen (secondary N) is 1. The lowest BCUT2D eigenvalue weighted by atomic mass is 10.1. The number of carbonyl (C=O) groups excluding carboxylic acids is 1. The minimum atomic E-state index is -0.285. The Morgan fingerprint density at radius 2 is 2.05 bits per heavy atom. The summed E-state index contributed by atoms with van der Waals surface area (Å²) in [6.45, 7) is 1.51. The van der Waals surface area contributed by atoms with Crippen molar-refractivity contribution in [1.29, 1.82) is 0 Å². The molecule has 0 radical (unpaired) electrons. The summed E-state index contributed by atoms with van der Waals surface area (Å²) in [5.41, 5.74) is 1.08. The molecule has 3 aromatic rings. The second-order valence-electron chi connectivity index (χ2n) is 4.77. The van der Waals surface area contributed by atoms with E-state index in [1.807, 2.05) is 30.3 Å². The number of rotatable bonds is 5. The highest BCUT2D eigenvalue weighted by Crippen LogP contribution is 2.14. The van der Waals surface area contributed by atoms with Gasteiger partial charge in [-0.15, -0.1) is 10.2 Å². The van der Waals surface area contributed by atoms with Gasteiger partial charge in [0.1, 0.15) is 11.5 Å². The number of fused-ring (bicyclic) bond motifs is 1. The van der Waals surface area contributed by atoms with Crippen LogP contribution in [-0.4, -0.2) is 36.3 Å². The van der Waals surface area contributed by atoms with Crippen molar-refractivity contribution in [1.82, 2.24) is 24.8 Å². The fraction of sp³-hybridized carbons (Fsp3) is 0.214. The molecule has 0 bridgehead atoms. The van der Waals surface area contributed by atoms with E-state index in [-0.39, 0.29) is 22.9 Å². The number of aromatic nitrogens is 5. The molecule has 0 aliphatic heterocycles. The Morgan fingerprint density at radius 3 is 2.77 bits per heavy atom. The molecule has 8 heteroatoms. The van der Waals surface area contributed by atoms with Gasteiger partial charge in [0.2, 0.25) is 5.16 Å². The first-order chi connectivity index (χ1) is 10.6. The number of hydrogen-bond acceptors (Lipinski definition) is 6. The van der Waals surface area contributed by atoms with Gasteiger partial charge in [-0.25, -0.2) is 0 Å². The summed E-state index contributed by atoms with van der Waals surface area (Å²) < 4.78 is 1.47. The first kappa shape index (κ1) is 14.5. The van der Waals surface area contributed by atoms with E-state index in [9.17, 15) is 9.59 Å². The second-order valence-corrected chi connectivity index (χ2v) is 5.71. The summed E-state index contributed by atoms with van der Waals surface area (Å²) in [4.78, 5) is 25.8. The number of aromatic amines is 1. The van der Waals surface area contributed by atoms with Crippen LogP contribution in [0.1, 0.15) is 18.2 Å². The standard InChI is InChI=1S/C14H13N5O2S/c1-9(20)8-22-14-17-16-13-15-12(21)11(18-19(13)14)7-10-5-3-2-4-6-10/h2-6H,7-8H2,1H3,(H,15,16,21). The molecule has 7 nitrogen and oxygen atoms in total. The highest BCUT2D eigenvalue weighted by atomic mass is 32.2. The zero-order valence-electron chi connectivity index (χ0n) is 11.8. The summed E-state index contributed by atoms with van der Waals surface area (Å²) in [6.07, 6.45) is 0.418. The minimum Gasteiger partial charge on any atom is -0.299 e. The summed E-state index contributed by atoms with van der Waals surface area (Å²) in [5, 5.41) is 12.6. The number of Topliss-reactive ketones (excluding diaryl/α,β-unsaturated/α-hetero) is 1. The average molecular weight is 315 g/mol. The van der Waals surface area contributed by atoms with E-state index in [1.165, 1.54) is 23.2 Å². The van der Waals surface area contributed by atoms with Crippen molar-refractivity contribution in [3.05, 3.63) is 51.9 Å². The van der Waals surface area contributed by atoms with Gasteiger partial charge < -0.3 is 0 Å². The van der Waals surface area contributed by atoms with Crippen molar-refractivity contribution in [2.24, 2.45) is 0 Å². The van der Waals surface area contributed by atoms with Gasteiger partial charge in [0.15, 0.2) is 0 Å². The minimum absolute atomic E-state index is 0.0377. The number of carbonyl (C=O) groups is 1. The van der Waals surface area contributed by atoms with Gasteiger partial charge in [-0.3, -0.25) is 14.6 Å². The van der Waals surface area contributed by atoms with Gasteiger partial charge in [-0.05, 0) is 12.5 Å².